The summed E-state index contributed by atoms with van der Waals surface area (Å²) in [4.78, 5) is 13.6. The van der Waals surface area contributed by atoms with E-state index in [9.17, 15) is 9.18 Å². The Morgan fingerprint density at radius 3 is 3.00 bits per heavy atom. The highest BCUT2D eigenvalue weighted by Gasteiger charge is 2.26. The Hall–Kier alpha value is -1.10. The van der Waals surface area contributed by atoms with E-state index in [0.29, 0.717) is 18.7 Å². The fourth-order valence-electron chi connectivity index (χ4n) is 2.10. The van der Waals surface area contributed by atoms with E-state index >= 15 is 0 Å². The number of likely N-dealkylation sites (tertiary alicyclic amines) is 1. The summed E-state index contributed by atoms with van der Waals surface area (Å²) < 4.78 is 19.2. The van der Waals surface area contributed by atoms with Gasteiger partial charge in [-0.25, -0.2) is 4.39 Å². The SMILES string of the molecule is COc1ccc(Br)cc1CC(=O)N1CC[C@H](F)C1. The molecule has 0 N–H and O–H groups in total. The number of amides is 1. The highest BCUT2D eigenvalue weighted by molar-refractivity contribution is 9.10. The molecule has 1 fully saturated rings. The number of carbonyl (C=O) groups excluding carboxylic acids is 1. The van der Waals surface area contributed by atoms with E-state index in [1.807, 2.05) is 18.2 Å². The van der Waals surface area contributed by atoms with E-state index in [1.54, 1.807) is 12.0 Å². The first kappa shape index (κ1) is 13.3. The molecule has 0 aromatic heterocycles. The van der Waals surface area contributed by atoms with E-state index in [4.69, 9.17) is 4.74 Å². The average Bonchev–Trinajstić information content (AvgIpc) is 2.76. The second-order valence-corrected chi connectivity index (χ2v) is 5.27. The summed E-state index contributed by atoms with van der Waals surface area (Å²) in [5.41, 5.74) is 0.819. The Balaban J connectivity index is 2.09. The van der Waals surface area contributed by atoms with Crippen LogP contribution in [-0.4, -0.2) is 37.2 Å². The first-order valence-corrected chi connectivity index (χ1v) is 6.63. The normalized spacial score (nSPS) is 19.1. The van der Waals surface area contributed by atoms with Gasteiger partial charge in [-0.2, -0.15) is 0 Å². The second kappa shape index (κ2) is 5.69. The van der Waals surface area contributed by atoms with Crippen molar-refractivity contribution in [2.24, 2.45) is 0 Å². The van der Waals surface area contributed by atoms with Crippen molar-refractivity contribution in [1.82, 2.24) is 4.90 Å². The molecule has 0 unspecified atom stereocenters. The standard InChI is InChI=1S/C13H15BrFNO2/c1-18-12-3-2-10(14)6-9(12)7-13(17)16-5-4-11(15)8-16/h2-3,6,11H,4-5,7-8H2,1H3/t11-/m0/s1. The van der Waals surface area contributed by atoms with Crippen molar-refractivity contribution < 1.29 is 13.9 Å². The Morgan fingerprint density at radius 1 is 1.61 bits per heavy atom. The van der Waals surface area contributed by atoms with E-state index < -0.39 is 6.17 Å². The predicted octanol–water partition coefficient (Wildman–Crippen LogP) is 2.57. The molecule has 1 aliphatic heterocycles. The van der Waals surface area contributed by atoms with Gasteiger partial charge in [0.05, 0.1) is 20.1 Å². The molecule has 1 amide bonds. The molecular formula is C13H15BrFNO2. The fraction of sp³-hybridized carbons (Fsp3) is 0.462. The van der Waals surface area contributed by atoms with Crippen LogP contribution in [0.1, 0.15) is 12.0 Å². The molecule has 1 aromatic carbocycles. The summed E-state index contributed by atoms with van der Waals surface area (Å²) >= 11 is 3.37. The van der Waals surface area contributed by atoms with Crippen molar-refractivity contribution in [3.05, 3.63) is 28.2 Å². The van der Waals surface area contributed by atoms with Gasteiger partial charge in [-0.05, 0) is 24.6 Å². The van der Waals surface area contributed by atoms with E-state index in [0.717, 1.165) is 10.0 Å². The fourth-order valence-corrected chi connectivity index (χ4v) is 2.51. The highest BCUT2D eigenvalue weighted by Crippen LogP contribution is 2.24. The quantitative estimate of drug-likeness (QED) is 0.858. The maximum Gasteiger partial charge on any atom is 0.227 e. The van der Waals surface area contributed by atoms with Gasteiger partial charge in [0.1, 0.15) is 11.9 Å². The highest BCUT2D eigenvalue weighted by atomic mass is 79.9. The molecule has 18 heavy (non-hydrogen) atoms. The second-order valence-electron chi connectivity index (χ2n) is 4.36. The monoisotopic (exact) mass is 315 g/mol. The van der Waals surface area contributed by atoms with Crippen molar-refractivity contribution in [2.45, 2.75) is 19.0 Å². The molecule has 0 bridgehead atoms. The first-order chi connectivity index (χ1) is 8.60. The van der Waals surface area contributed by atoms with Crippen LogP contribution in [0.25, 0.3) is 0 Å². The zero-order valence-electron chi connectivity index (χ0n) is 10.2. The summed E-state index contributed by atoms with van der Waals surface area (Å²) in [6, 6.07) is 5.54. The van der Waals surface area contributed by atoms with Crippen LogP contribution < -0.4 is 4.74 Å². The minimum atomic E-state index is -0.877. The largest absolute Gasteiger partial charge is 0.496 e. The Bertz CT molecular complexity index is 453. The van der Waals surface area contributed by atoms with Crippen molar-refractivity contribution >= 4 is 21.8 Å². The maximum atomic E-state index is 13.1. The predicted molar refractivity (Wildman–Crippen MR) is 70.5 cm³/mol. The number of ether oxygens (including phenoxy) is 1. The molecule has 1 heterocycles. The lowest BCUT2D eigenvalue weighted by Crippen LogP contribution is -2.30. The van der Waals surface area contributed by atoms with Crippen molar-refractivity contribution in [2.75, 3.05) is 20.2 Å². The van der Waals surface area contributed by atoms with Crippen LogP contribution in [-0.2, 0) is 11.2 Å². The molecule has 1 atom stereocenters. The molecule has 3 nitrogen and oxygen atoms in total. The maximum absolute atomic E-state index is 13.1. The van der Waals surface area contributed by atoms with Crippen molar-refractivity contribution in [3.8, 4) is 5.75 Å². The van der Waals surface area contributed by atoms with Crippen LogP contribution in [0.2, 0.25) is 0 Å². The zero-order chi connectivity index (χ0) is 13.1. The van der Waals surface area contributed by atoms with Gasteiger partial charge < -0.3 is 9.64 Å². The third-order valence-corrected chi connectivity index (χ3v) is 3.56. The van der Waals surface area contributed by atoms with Gasteiger partial charge in [-0.1, -0.05) is 15.9 Å². The Morgan fingerprint density at radius 2 is 2.39 bits per heavy atom. The number of hydrogen-bond donors (Lipinski definition) is 0. The van der Waals surface area contributed by atoms with E-state index in [-0.39, 0.29) is 18.9 Å². The smallest absolute Gasteiger partial charge is 0.227 e. The third kappa shape index (κ3) is 3.02. The summed E-state index contributed by atoms with van der Waals surface area (Å²) in [6.45, 7) is 0.728. The molecule has 0 saturated carbocycles. The van der Waals surface area contributed by atoms with Crippen LogP contribution >= 0.6 is 15.9 Å². The van der Waals surface area contributed by atoms with Crippen molar-refractivity contribution in [1.29, 1.82) is 0 Å². The van der Waals surface area contributed by atoms with Crippen molar-refractivity contribution in [3.63, 3.8) is 0 Å². The van der Waals surface area contributed by atoms with Gasteiger partial charge in [0, 0.05) is 16.6 Å². The summed E-state index contributed by atoms with van der Waals surface area (Å²) in [6.07, 6.45) is -0.185. The van der Waals surface area contributed by atoms with Gasteiger partial charge in [-0.3, -0.25) is 4.79 Å². The van der Waals surface area contributed by atoms with Crippen LogP contribution in [0.4, 0.5) is 4.39 Å². The Labute approximate surface area is 114 Å². The van der Waals surface area contributed by atoms with E-state index in [2.05, 4.69) is 15.9 Å². The number of hydrogen-bond acceptors (Lipinski definition) is 2. The number of halogens is 2. The van der Waals surface area contributed by atoms with Gasteiger partial charge in [-0.15, -0.1) is 0 Å². The summed E-state index contributed by atoms with van der Waals surface area (Å²) in [5, 5.41) is 0. The summed E-state index contributed by atoms with van der Waals surface area (Å²) in [5.74, 6) is 0.633. The molecule has 5 heteroatoms. The minimum absolute atomic E-state index is 0.0495. The lowest BCUT2D eigenvalue weighted by atomic mass is 10.1. The van der Waals surface area contributed by atoms with Crippen LogP contribution in [0.5, 0.6) is 5.75 Å². The molecule has 1 aromatic rings. The van der Waals surface area contributed by atoms with Gasteiger partial charge in [0.25, 0.3) is 0 Å². The minimum Gasteiger partial charge on any atom is -0.496 e. The van der Waals surface area contributed by atoms with Crippen LogP contribution in [0.3, 0.4) is 0 Å². The molecule has 0 radical (unpaired) electrons. The number of rotatable bonds is 3. The topological polar surface area (TPSA) is 29.5 Å². The summed E-state index contributed by atoms with van der Waals surface area (Å²) in [7, 11) is 1.57. The number of alkyl halides is 1. The average molecular weight is 316 g/mol. The van der Waals surface area contributed by atoms with Gasteiger partial charge in [0.15, 0.2) is 0 Å². The number of nitrogens with zero attached hydrogens (tertiary/aromatic N) is 1. The number of carbonyl (C=O) groups is 1. The molecule has 0 spiro atoms. The molecule has 1 aliphatic rings. The van der Waals surface area contributed by atoms with Gasteiger partial charge >= 0.3 is 0 Å². The lowest BCUT2D eigenvalue weighted by molar-refractivity contribution is -0.129. The molecule has 0 aliphatic carbocycles. The molecule has 2 rings (SSSR count). The zero-order valence-corrected chi connectivity index (χ0v) is 11.7. The molecule has 98 valence electrons. The molecular weight excluding hydrogens is 301 g/mol. The molecule has 1 saturated heterocycles. The van der Waals surface area contributed by atoms with E-state index in [1.165, 1.54) is 0 Å². The van der Waals surface area contributed by atoms with Gasteiger partial charge in [0.2, 0.25) is 5.91 Å². The Kier molecular flexibility index (Phi) is 4.22. The first-order valence-electron chi connectivity index (χ1n) is 5.84. The number of methoxy groups -OCH3 is 1. The van der Waals surface area contributed by atoms with Crippen LogP contribution in [0.15, 0.2) is 22.7 Å². The van der Waals surface area contributed by atoms with Crippen LogP contribution in [0, 0.1) is 0 Å². The lowest BCUT2D eigenvalue weighted by Gasteiger charge is -2.16. The third-order valence-electron chi connectivity index (χ3n) is 3.07. The number of benzene rings is 1.